The van der Waals surface area contributed by atoms with Crippen molar-refractivity contribution in [3.05, 3.63) is 30.3 Å². The quantitative estimate of drug-likeness (QED) is 0.645. The highest BCUT2D eigenvalue weighted by atomic mass is 32.2. The summed E-state index contributed by atoms with van der Waals surface area (Å²) in [6, 6.07) is 9.73. The number of hydrogen-bond donors (Lipinski definition) is 2. The van der Waals surface area contributed by atoms with Crippen LogP contribution < -0.4 is 11.1 Å². The van der Waals surface area contributed by atoms with Gasteiger partial charge in [-0.05, 0) is 23.9 Å². The van der Waals surface area contributed by atoms with Crippen LogP contribution >= 0.6 is 35.3 Å². The summed E-state index contributed by atoms with van der Waals surface area (Å²) in [7, 11) is 0. The van der Waals surface area contributed by atoms with Gasteiger partial charge in [-0.25, -0.2) is 0 Å². The number of para-hydroxylation sites is 1. The second-order valence-electron chi connectivity index (χ2n) is 2.79. The minimum Gasteiger partial charge on any atom is -0.374 e. The molecule has 7 heteroatoms. The van der Waals surface area contributed by atoms with Gasteiger partial charge in [0.2, 0.25) is 5.13 Å². The summed E-state index contributed by atoms with van der Waals surface area (Å²) in [5, 5.41) is 11.1. The number of aromatic nitrogens is 2. The number of nitrogens with zero attached hydrogens (tertiary/aromatic N) is 2. The Hall–Kier alpha value is -1.18. The summed E-state index contributed by atoms with van der Waals surface area (Å²) in [5.74, 6) is 0. The Morgan fingerprint density at radius 3 is 2.69 bits per heavy atom. The summed E-state index contributed by atoms with van der Waals surface area (Å²) in [6.45, 7) is 0. The van der Waals surface area contributed by atoms with Crippen LogP contribution in [-0.4, -0.2) is 14.5 Å². The van der Waals surface area contributed by atoms with Gasteiger partial charge in [-0.3, -0.25) is 0 Å². The van der Waals surface area contributed by atoms with Crippen molar-refractivity contribution < 1.29 is 0 Å². The second kappa shape index (κ2) is 5.24. The van der Waals surface area contributed by atoms with Gasteiger partial charge in [0, 0.05) is 5.69 Å². The van der Waals surface area contributed by atoms with Crippen LogP contribution in [0.25, 0.3) is 0 Å². The molecule has 1 heterocycles. The molecule has 0 unspecified atom stereocenters. The largest absolute Gasteiger partial charge is 0.374 e. The Morgan fingerprint density at radius 1 is 1.31 bits per heavy atom. The molecule has 0 spiro atoms. The molecule has 1 aromatic carbocycles. The van der Waals surface area contributed by atoms with E-state index in [4.69, 9.17) is 18.0 Å². The molecule has 82 valence electrons. The molecular weight excluding hydrogens is 260 g/mol. The normalized spacial score (nSPS) is 10.0. The Kier molecular flexibility index (Phi) is 3.70. The van der Waals surface area contributed by atoms with Gasteiger partial charge >= 0.3 is 0 Å². The molecule has 0 aliphatic rings. The van der Waals surface area contributed by atoms with E-state index in [1.807, 2.05) is 30.3 Å². The number of rotatable bonds is 2. The molecule has 0 amide bonds. The van der Waals surface area contributed by atoms with Gasteiger partial charge in [-0.15, -0.1) is 10.2 Å². The fourth-order valence-corrected chi connectivity index (χ4v) is 2.94. The van der Waals surface area contributed by atoms with E-state index < -0.39 is 0 Å². The van der Waals surface area contributed by atoms with Crippen LogP contribution in [0.3, 0.4) is 0 Å². The smallest absolute Gasteiger partial charge is 0.203 e. The predicted octanol–water partition coefficient (Wildman–Crippen LogP) is 2.61. The van der Waals surface area contributed by atoms with Gasteiger partial charge in [-0.1, -0.05) is 41.8 Å². The van der Waals surface area contributed by atoms with E-state index in [1.54, 1.807) is 0 Å². The van der Waals surface area contributed by atoms with Gasteiger partial charge in [-0.2, -0.15) is 0 Å². The van der Waals surface area contributed by atoms with E-state index in [0.717, 1.165) is 10.0 Å². The number of nitrogens with two attached hydrogens (primary N) is 1. The summed E-state index contributed by atoms with van der Waals surface area (Å²) < 4.78 is 1.37. The first-order chi connectivity index (χ1) is 7.74. The van der Waals surface area contributed by atoms with Crippen LogP contribution in [0.5, 0.6) is 0 Å². The fraction of sp³-hybridized carbons (Fsp3) is 0. The van der Waals surface area contributed by atoms with Crippen molar-refractivity contribution in [3.63, 3.8) is 0 Å². The van der Waals surface area contributed by atoms with E-state index in [2.05, 4.69) is 15.5 Å². The molecule has 4 nitrogen and oxygen atoms in total. The third-order valence-electron chi connectivity index (χ3n) is 1.62. The maximum absolute atomic E-state index is 5.47. The highest BCUT2D eigenvalue weighted by Gasteiger charge is 2.05. The molecule has 0 radical (unpaired) electrons. The highest BCUT2D eigenvalue weighted by molar-refractivity contribution is 8.24. The third kappa shape index (κ3) is 3.16. The molecule has 0 bridgehead atoms. The summed E-state index contributed by atoms with van der Waals surface area (Å²) in [4.78, 5) is 0. The van der Waals surface area contributed by atoms with Crippen molar-refractivity contribution in [2.45, 2.75) is 4.34 Å². The number of nitrogen functional groups attached to an aromatic ring is 1. The van der Waals surface area contributed by atoms with Gasteiger partial charge in [0.25, 0.3) is 0 Å². The standard InChI is InChI=1S/C9H8N4S3/c10-7-12-13-9(15-7)16-8(14)11-6-4-2-1-3-5-6/h1-5H,(H2,10,12)(H,11,14). The zero-order valence-electron chi connectivity index (χ0n) is 8.08. The van der Waals surface area contributed by atoms with Crippen LogP contribution in [0.1, 0.15) is 0 Å². The molecule has 2 rings (SSSR count). The first-order valence-corrected chi connectivity index (χ1v) is 6.41. The molecule has 3 N–H and O–H groups in total. The molecule has 2 aromatic rings. The minimum absolute atomic E-state index is 0.449. The highest BCUT2D eigenvalue weighted by Crippen LogP contribution is 2.25. The molecule has 1 aromatic heterocycles. The Bertz CT molecular complexity index is 483. The van der Waals surface area contributed by atoms with Crippen molar-refractivity contribution >= 4 is 50.5 Å². The molecule has 0 fully saturated rings. The second-order valence-corrected chi connectivity index (χ2v) is 5.72. The maximum Gasteiger partial charge on any atom is 0.203 e. The van der Waals surface area contributed by atoms with Gasteiger partial charge in [0.15, 0.2) is 4.34 Å². The van der Waals surface area contributed by atoms with Gasteiger partial charge in [0.1, 0.15) is 4.32 Å². The summed E-state index contributed by atoms with van der Waals surface area (Å²) >= 11 is 7.84. The average molecular weight is 268 g/mol. The van der Waals surface area contributed by atoms with E-state index in [0.29, 0.717) is 9.45 Å². The molecule has 0 aliphatic heterocycles. The number of anilines is 2. The van der Waals surface area contributed by atoms with Gasteiger partial charge < -0.3 is 11.1 Å². The first kappa shape index (κ1) is 11.3. The Morgan fingerprint density at radius 2 is 2.06 bits per heavy atom. The molecule has 0 saturated carbocycles. The number of hydrogen-bond acceptors (Lipinski definition) is 6. The zero-order valence-corrected chi connectivity index (χ0v) is 10.5. The lowest BCUT2D eigenvalue weighted by molar-refractivity contribution is 1.02. The van der Waals surface area contributed by atoms with Crippen LogP contribution in [0.4, 0.5) is 10.8 Å². The lowest BCUT2D eigenvalue weighted by Crippen LogP contribution is -2.03. The van der Waals surface area contributed by atoms with E-state index in [1.165, 1.54) is 23.1 Å². The lowest BCUT2D eigenvalue weighted by atomic mass is 10.3. The van der Waals surface area contributed by atoms with Crippen molar-refractivity contribution in [2.24, 2.45) is 0 Å². The van der Waals surface area contributed by atoms with E-state index >= 15 is 0 Å². The van der Waals surface area contributed by atoms with E-state index in [9.17, 15) is 0 Å². The van der Waals surface area contributed by atoms with Crippen LogP contribution in [0, 0.1) is 0 Å². The summed E-state index contributed by atoms with van der Waals surface area (Å²) in [5.41, 5.74) is 6.43. The van der Waals surface area contributed by atoms with Crippen molar-refractivity contribution in [1.29, 1.82) is 0 Å². The number of thiocarbonyl (C=S) groups is 1. The Labute approximate surface area is 106 Å². The fourth-order valence-electron chi connectivity index (χ4n) is 1.01. The van der Waals surface area contributed by atoms with Crippen LogP contribution in [0.15, 0.2) is 34.7 Å². The SMILES string of the molecule is Nc1nnc(SC(=S)Nc2ccccc2)s1. The number of thioether (sulfide) groups is 1. The average Bonchev–Trinajstić information content (AvgIpc) is 2.65. The third-order valence-corrected chi connectivity index (χ3v) is 3.57. The van der Waals surface area contributed by atoms with Gasteiger partial charge in [0.05, 0.1) is 0 Å². The zero-order chi connectivity index (χ0) is 11.4. The predicted molar refractivity (Wildman–Crippen MR) is 72.8 cm³/mol. The lowest BCUT2D eigenvalue weighted by Gasteiger charge is -2.04. The first-order valence-electron chi connectivity index (χ1n) is 4.37. The molecule has 0 aliphatic carbocycles. The maximum atomic E-state index is 5.47. The molecule has 0 saturated heterocycles. The molecular formula is C9H8N4S3. The molecule has 16 heavy (non-hydrogen) atoms. The number of benzene rings is 1. The van der Waals surface area contributed by atoms with Crippen LogP contribution in [-0.2, 0) is 0 Å². The van der Waals surface area contributed by atoms with E-state index in [-0.39, 0.29) is 0 Å². The van der Waals surface area contributed by atoms with Crippen molar-refractivity contribution in [3.8, 4) is 0 Å². The van der Waals surface area contributed by atoms with Crippen molar-refractivity contribution in [2.75, 3.05) is 11.1 Å². The monoisotopic (exact) mass is 268 g/mol. The molecule has 0 atom stereocenters. The Balaban J connectivity index is 1.95. The minimum atomic E-state index is 0.449. The summed E-state index contributed by atoms with van der Waals surface area (Å²) in [6.07, 6.45) is 0. The van der Waals surface area contributed by atoms with Crippen molar-refractivity contribution in [1.82, 2.24) is 10.2 Å². The number of nitrogens with one attached hydrogen (secondary N) is 1. The van der Waals surface area contributed by atoms with Crippen LogP contribution in [0.2, 0.25) is 0 Å². The topological polar surface area (TPSA) is 63.8 Å².